The van der Waals surface area contributed by atoms with E-state index < -0.39 is 5.95 Å². The molecule has 0 fully saturated rings. The monoisotopic (exact) mass is 154 g/mol. The van der Waals surface area contributed by atoms with E-state index in [1.165, 1.54) is 6.07 Å². The number of carbonyl (C=O) groups is 1. The van der Waals surface area contributed by atoms with Crippen LogP contribution in [0, 0.1) is 5.95 Å². The Morgan fingerprint density at radius 3 is 3.09 bits per heavy atom. The second-order valence-corrected chi connectivity index (χ2v) is 1.95. The molecule has 0 atom stereocenters. The summed E-state index contributed by atoms with van der Waals surface area (Å²) in [5, 5.41) is 2.38. The lowest BCUT2D eigenvalue weighted by atomic mass is 10.3. The largest absolute Gasteiger partial charge is 0.353 e. The predicted octanol–water partition coefficient (Wildman–Crippen LogP) is 0.467. The number of halogens is 1. The molecule has 11 heavy (non-hydrogen) atoms. The van der Waals surface area contributed by atoms with Crippen molar-refractivity contribution < 1.29 is 9.18 Å². The Hall–Kier alpha value is -1.45. The first kappa shape index (κ1) is 7.65. The van der Waals surface area contributed by atoms with E-state index in [1.54, 1.807) is 12.1 Å². The lowest BCUT2D eigenvalue weighted by molar-refractivity contribution is -0.109. The topological polar surface area (TPSA) is 42.0 Å². The molecule has 1 amide bonds. The first-order valence-electron chi connectivity index (χ1n) is 3.11. The average Bonchev–Trinajstić information content (AvgIpc) is 2.01. The number of rotatable bonds is 3. The van der Waals surface area contributed by atoms with Crippen LogP contribution in [-0.2, 0) is 11.3 Å². The standard InChI is InChI=1S/C7H7FN2O/c8-7-3-1-2-6(10-7)4-9-5-11/h1-3,5H,4H2,(H,9,11). The number of aromatic nitrogens is 1. The molecule has 0 aromatic carbocycles. The molecule has 0 aliphatic rings. The van der Waals surface area contributed by atoms with E-state index in [0.717, 1.165) is 0 Å². The average molecular weight is 154 g/mol. The van der Waals surface area contributed by atoms with Crippen molar-refractivity contribution in [3.8, 4) is 0 Å². The van der Waals surface area contributed by atoms with E-state index in [2.05, 4.69) is 10.3 Å². The van der Waals surface area contributed by atoms with Crippen molar-refractivity contribution >= 4 is 6.41 Å². The van der Waals surface area contributed by atoms with E-state index >= 15 is 0 Å². The Morgan fingerprint density at radius 2 is 2.45 bits per heavy atom. The Labute approximate surface area is 63.3 Å². The van der Waals surface area contributed by atoms with Gasteiger partial charge in [-0.15, -0.1) is 0 Å². The van der Waals surface area contributed by atoms with Crippen molar-refractivity contribution in [2.75, 3.05) is 0 Å². The molecule has 0 unspecified atom stereocenters. The molecule has 0 aliphatic heterocycles. The van der Waals surface area contributed by atoms with Crippen molar-refractivity contribution in [1.82, 2.24) is 10.3 Å². The first-order valence-corrected chi connectivity index (χ1v) is 3.11. The molecule has 3 nitrogen and oxygen atoms in total. The molecule has 58 valence electrons. The minimum atomic E-state index is -0.532. The fraction of sp³-hybridized carbons (Fsp3) is 0.143. The van der Waals surface area contributed by atoms with Crippen LogP contribution < -0.4 is 5.32 Å². The van der Waals surface area contributed by atoms with E-state index in [4.69, 9.17) is 0 Å². The van der Waals surface area contributed by atoms with Crippen LogP contribution in [0.25, 0.3) is 0 Å². The van der Waals surface area contributed by atoms with E-state index in [9.17, 15) is 9.18 Å². The minimum absolute atomic E-state index is 0.265. The summed E-state index contributed by atoms with van der Waals surface area (Å²) in [6.07, 6.45) is 0.548. The van der Waals surface area contributed by atoms with Crippen LogP contribution in [0.2, 0.25) is 0 Å². The summed E-state index contributed by atoms with van der Waals surface area (Å²) in [6.45, 7) is 0.265. The van der Waals surface area contributed by atoms with Gasteiger partial charge in [-0.1, -0.05) is 6.07 Å². The summed E-state index contributed by atoms with van der Waals surface area (Å²) < 4.78 is 12.4. The molecular weight excluding hydrogens is 147 g/mol. The fourth-order valence-electron chi connectivity index (χ4n) is 0.695. The van der Waals surface area contributed by atoms with Gasteiger partial charge in [-0.25, -0.2) is 4.98 Å². The highest BCUT2D eigenvalue weighted by Crippen LogP contribution is 1.95. The molecule has 1 aromatic rings. The van der Waals surface area contributed by atoms with Crippen molar-refractivity contribution in [3.05, 3.63) is 29.8 Å². The molecule has 0 aliphatic carbocycles. The maximum Gasteiger partial charge on any atom is 0.213 e. The number of amides is 1. The molecule has 0 saturated carbocycles. The highest BCUT2D eigenvalue weighted by atomic mass is 19.1. The highest BCUT2D eigenvalue weighted by molar-refractivity contribution is 5.45. The number of pyridine rings is 1. The zero-order valence-electron chi connectivity index (χ0n) is 5.75. The van der Waals surface area contributed by atoms with E-state index in [1.807, 2.05) is 0 Å². The van der Waals surface area contributed by atoms with Gasteiger partial charge in [0.25, 0.3) is 0 Å². The number of nitrogens with one attached hydrogen (secondary N) is 1. The molecule has 0 saturated heterocycles. The normalized spacial score (nSPS) is 9.18. The van der Waals surface area contributed by atoms with Gasteiger partial charge in [-0.2, -0.15) is 4.39 Å². The van der Waals surface area contributed by atoms with Gasteiger partial charge in [0.05, 0.1) is 12.2 Å². The Kier molecular flexibility index (Phi) is 2.54. The van der Waals surface area contributed by atoms with Gasteiger partial charge in [-0.05, 0) is 12.1 Å². The third kappa shape index (κ3) is 2.33. The molecule has 0 spiro atoms. The second kappa shape index (κ2) is 3.65. The lowest BCUT2D eigenvalue weighted by Gasteiger charge is -1.96. The van der Waals surface area contributed by atoms with Crippen LogP contribution in [0.15, 0.2) is 18.2 Å². The van der Waals surface area contributed by atoms with Crippen molar-refractivity contribution in [2.24, 2.45) is 0 Å². The van der Waals surface area contributed by atoms with E-state index in [-0.39, 0.29) is 6.54 Å². The summed E-state index contributed by atoms with van der Waals surface area (Å²) in [4.78, 5) is 13.4. The molecule has 0 radical (unpaired) electrons. The summed E-state index contributed by atoms with van der Waals surface area (Å²) in [7, 11) is 0. The molecule has 1 N–H and O–H groups in total. The van der Waals surface area contributed by atoms with Crippen molar-refractivity contribution in [2.45, 2.75) is 6.54 Å². The maximum atomic E-state index is 12.4. The number of nitrogens with zero attached hydrogens (tertiary/aromatic N) is 1. The Morgan fingerprint density at radius 1 is 1.64 bits per heavy atom. The van der Waals surface area contributed by atoms with Gasteiger partial charge in [-0.3, -0.25) is 4.79 Å². The van der Waals surface area contributed by atoms with Gasteiger partial charge in [0.15, 0.2) is 0 Å². The molecule has 4 heteroatoms. The van der Waals surface area contributed by atoms with Gasteiger partial charge in [0.1, 0.15) is 0 Å². The summed E-state index contributed by atoms with van der Waals surface area (Å²) >= 11 is 0. The Bertz CT molecular complexity index is 252. The smallest absolute Gasteiger partial charge is 0.213 e. The van der Waals surface area contributed by atoms with Gasteiger partial charge in [0.2, 0.25) is 12.4 Å². The molecule has 1 heterocycles. The molecule has 0 bridgehead atoms. The fourth-order valence-corrected chi connectivity index (χ4v) is 0.695. The van der Waals surface area contributed by atoms with Crippen molar-refractivity contribution in [1.29, 1.82) is 0 Å². The lowest BCUT2D eigenvalue weighted by Crippen LogP contribution is -2.11. The van der Waals surface area contributed by atoms with Crippen LogP contribution in [0.5, 0.6) is 0 Å². The summed E-state index contributed by atoms with van der Waals surface area (Å²) in [5.74, 6) is -0.532. The van der Waals surface area contributed by atoms with Crippen LogP contribution in [0.3, 0.4) is 0 Å². The number of hydrogen-bond donors (Lipinski definition) is 1. The zero-order valence-corrected chi connectivity index (χ0v) is 5.75. The van der Waals surface area contributed by atoms with E-state index in [0.29, 0.717) is 12.1 Å². The second-order valence-electron chi connectivity index (χ2n) is 1.95. The first-order chi connectivity index (χ1) is 5.33. The molecule has 1 aromatic heterocycles. The third-order valence-corrected chi connectivity index (χ3v) is 1.14. The quantitative estimate of drug-likeness (QED) is 0.507. The van der Waals surface area contributed by atoms with Crippen LogP contribution >= 0.6 is 0 Å². The third-order valence-electron chi connectivity index (χ3n) is 1.14. The van der Waals surface area contributed by atoms with Gasteiger partial charge >= 0.3 is 0 Å². The van der Waals surface area contributed by atoms with Crippen LogP contribution in [-0.4, -0.2) is 11.4 Å². The van der Waals surface area contributed by atoms with Crippen molar-refractivity contribution in [3.63, 3.8) is 0 Å². The van der Waals surface area contributed by atoms with Gasteiger partial charge in [0, 0.05) is 0 Å². The predicted molar refractivity (Wildman–Crippen MR) is 37.1 cm³/mol. The van der Waals surface area contributed by atoms with Crippen LogP contribution in [0.4, 0.5) is 4.39 Å². The maximum absolute atomic E-state index is 12.4. The summed E-state index contributed by atoms with van der Waals surface area (Å²) in [6, 6.07) is 4.44. The summed E-state index contributed by atoms with van der Waals surface area (Å²) in [5.41, 5.74) is 0.511. The molecule has 1 rings (SSSR count). The highest BCUT2D eigenvalue weighted by Gasteiger charge is 1.93. The zero-order chi connectivity index (χ0) is 8.10. The number of carbonyl (C=O) groups excluding carboxylic acids is 1. The molecular formula is C7H7FN2O. The SMILES string of the molecule is O=CNCc1cccc(F)n1. The van der Waals surface area contributed by atoms with Crippen LogP contribution in [0.1, 0.15) is 5.69 Å². The van der Waals surface area contributed by atoms with Gasteiger partial charge < -0.3 is 5.32 Å². The minimum Gasteiger partial charge on any atom is -0.353 e. The Balaban J connectivity index is 2.63. The number of hydrogen-bond acceptors (Lipinski definition) is 2.